The molecule has 0 radical (unpaired) electrons. The number of methoxy groups -OCH3 is 1. The van der Waals surface area contributed by atoms with Crippen LogP contribution in [-0.4, -0.2) is 48.3 Å². The number of anilines is 1. The van der Waals surface area contributed by atoms with Gasteiger partial charge in [-0.05, 0) is 31.0 Å². The molecule has 0 unspecified atom stereocenters. The van der Waals surface area contributed by atoms with Crippen LogP contribution in [0.2, 0.25) is 0 Å². The zero-order valence-electron chi connectivity index (χ0n) is 18.2. The number of rotatable bonds is 8. The summed E-state index contributed by atoms with van der Waals surface area (Å²) >= 11 is 0. The maximum absolute atomic E-state index is 12.8. The van der Waals surface area contributed by atoms with Crippen molar-refractivity contribution >= 4 is 38.4 Å². The third kappa shape index (κ3) is 4.52. The molecule has 3 aromatic rings. The second-order valence-electron chi connectivity index (χ2n) is 7.70. The number of carbonyl (C=O) groups excluding carboxylic acids is 1. The molecular formula is C21H22N4O8S. The Kier molecular flexibility index (Phi) is 6.39. The lowest BCUT2D eigenvalue weighted by molar-refractivity contribution is -0.384. The first-order valence-corrected chi connectivity index (χ1v) is 11.9. The summed E-state index contributed by atoms with van der Waals surface area (Å²) in [5.74, 6) is -0.989. The van der Waals surface area contributed by atoms with E-state index in [2.05, 4.69) is 5.32 Å². The third-order valence-corrected chi connectivity index (χ3v) is 7.47. The van der Waals surface area contributed by atoms with Crippen LogP contribution < -0.4 is 15.8 Å². The minimum atomic E-state index is -3.67. The molecule has 0 atom stereocenters. The van der Waals surface area contributed by atoms with Crippen LogP contribution in [0.15, 0.2) is 50.5 Å². The summed E-state index contributed by atoms with van der Waals surface area (Å²) in [5.41, 5.74) is 0.368. The van der Waals surface area contributed by atoms with E-state index >= 15 is 0 Å². The Hall–Kier alpha value is -3.71. The fourth-order valence-corrected chi connectivity index (χ4v) is 5.36. The Labute approximate surface area is 193 Å². The van der Waals surface area contributed by atoms with Crippen LogP contribution in [0.4, 0.5) is 11.4 Å². The average molecular weight is 490 g/mol. The smallest absolute Gasteiger partial charge is 0.419 e. The van der Waals surface area contributed by atoms with Crippen molar-refractivity contribution in [3.05, 3.63) is 57.1 Å². The van der Waals surface area contributed by atoms with E-state index in [4.69, 9.17) is 9.15 Å². The summed E-state index contributed by atoms with van der Waals surface area (Å²) in [7, 11) is -2.31. The number of nitro benzene ring substituents is 1. The van der Waals surface area contributed by atoms with Crippen molar-refractivity contribution in [1.29, 1.82) is 0 Å². The first kappa shape index (κ1) is 23.4. The molecule has 1 aromatic heterocycles. The number of ether oxygens (including phenoxy) is 1. The van der Waals surface area contributed by atoms with Gasteiger partial charge in [-0.15, -0.1) is 0 Å². The number of amides is 1. The summed E-state index contributed by atoms with van der Waals surface area (Å²) in [6.45, 7) is 0.860. The van der Waals surface area contributed by atoms with Gasteiger partial charge in [-0.3, -0.25) is 19.5 Å². The molecule has 0 aliphatic carbocycles. The lowest BCUT2D eigenvalue weighted by atomic mass is 10.2. The van der Waals surface area contributed by atoms with Gasteiger partial charge < -0.3 is 14.5 Å². The number of carbonyl (C=O) groups is 1. The molecule has 1 fully saturated rings. The predicted octanol–water partition coefficient (Wildman–Crippen LogP) is 2.32. The molecule has 13 heteroatoms. The van der Waals surface area contributed by atoms with Crippen LogP contribution in [0.25, 0.3) is 11.1 Å². The van der Waals surface area contributed by atoms with Crippen molar-refractivity contribution in [2.45, 2.75) is 30.7 Å². The Balaban J connectivity index is 1.51. The van der Waals surface area contributed by atoms with Crippen molar-refractivity contribution in [3.63, 3.8) is 0 Å². The molecule has 4 rings (SSSR count). The number of sulfonamides is 1. The second kappa shape index (κ2) is 9.27. The summed E-state index contributed by atoms with van der Waals surface area (Å²) in [6, 6.07) is 8.01. The number of nitro groups is 1. The molecule has 2 aromatic carbocycles. The maximum Gasteiger partial charge on any atom is 0.419 e. The standard InChI is InChI=1S/C21H22N4O8S/c1-32-18-7-4-14(25(28)29)12-16(18)22-20(26)8-11-24-17-6-5-15(13-19(17)33-21(24)27)34(30,31)23-9-2-3-10-23/h4-7,12-13H,2-3,8-11H2,1H3,(H,22,26). The van der Waals surface area contributed by atoms with Gasteiger partial charge in [0.05, 0.1) is 28.1 Å². The van der Waals surface area contributed by atoms with Gasteiger partial charge in [0.2, 0.25) is 15.9 Å². The van der Waals surface area contributed by atoms with Crippen molar-refractivity contribution in [3.8, 4) is 5.75 Å². The third-order valence-electron chi connectivity index (χ3n) is 5.57. The number of nitrogens with one attached hydrogen (secondary N) is 1. The summed E-state index contributed by atoms with van der Waals surface area (Å²) in [6.07, 6.45) is 1.46. The number of aryl methyl sites for hydroxylation is 1. The Morgan fingerprint density at radius 1 is 1.21 bits per heavy atom. The molecule has 1 saturated heterocycles. The van der Waals surface area contributed by atoms with Crippen molar-refractivity contribution in [2.75, 3.05) is 25.5 Å². The van der Waals surface area contributed by atoms with E-state index in [9.17, 15) is 28.1 Å². The molecule has 1 aliphatic heterocycles. The Morgan fingerprint density at radius 3 is 2.62 bits per heavy atom. The van der Waals surface area contributed by atoms with E-state index in [-0.39, 0.29) is 40.6 Å². The van der Waals surface area contributed by atoms with Crippen molar-refractivity contribution < 1.29 is 27.3 Å². The van der Waals surface area contributed by atoms with Gasteiger partial charge in [0.15, 0.2) is 5.58 Å². The highest BCUT2D eigenvalue weighted by atomic mass is 32.2. The van der Waals surface area contributed by atoms with Crippen LogP contribution in [-0.2, 0) is 21.4 Å². The van der Waals surface area contributed by atoms with E-state index < -0.39 is 26.6 Å². The summed E-state index contributed by atoms with van der Waals surface area (Å²) in [4.78, 5) is 35.3. The minimum Gasteiger partial charge on any atom is -0.495 e. The lowest BCUT2D eigenvalue weighted by Gasteiger charge is -2.15. The number of hydrogen-bond donors (Lipinski definition) is 1. The minimum absolute atomic E-state index is 0.0401. The molecular weight excluding hydrogens is 468 g/mol. The number of nitrogens with zero attached hydrogens (tertiary/aromatic N) is 3. The van der Waals surface area contributed by atoms with Crippen LogP contribution in [0.1, 0.15) is 19.3 Å². The quantitative estimate of drug-likeness (QED) is 0.373. The van der Waals surface area contributed by atoms with E-state index in [1.165, 1.54) is 52.4 Å². The predicted molar refractivity (Wildman–Crippen MR) is 121 cm³/mol. The number of non-ortho nitro benzene ring substituents is 1. The average Bonchev–Trinajstić information content (AvgIpc) is 3.45. The Bertz CT molecular complexity index is 1420. The number of hydrogen-bond acceptors (Lipinski definition) is 8. The monoisotopic (exact) mass is 490 g/mol. The van der Waals surface area contributed by atoms with E-state index in [1.54, 1.807) is 0 Å². The molecule has 1 aliphatic rings. The van der Waals surface area contributed by atoms with Gasteiger partial charge in [0.25, 0.3) is 5.69 Å². The normalized spacial score (nSPS) is 14.4. The topological polar surface area (TPSA) is 154 Å². The van der Waals surface area contributed by atoms with Crippen LogP contribution in [0.5, 0.6) is 5.75 Å². The lowest BCUT2D eigenvalue weighted by Crippen LogP contribution is -2.27. The first-order valence-electron chi connectivity index (χ1n) is 10.5. The molecule has 34 heavy (non-hydrogen) atoms. The van der Waals surface area contributed by atoms with Gasteiger partial charge in [0, 0.05) is 44.3 Å². The zero-order valence-corrected chi connectivity index (χ0v) is 19.0. The zero-order chi connectivity index (χ0) is 24.5. The van der Waals surface area contributed by atoms with Gasteiger partial charge in [-0.1, -0.05) is 0 Å². The second-order valence-corrected chi connectivity index (χ2v) is 9.64. The van der Waals surface area contributed by atoms with Crippen LogP contribution >= 0.6 is 0 Å². The summed E-state index contributed by atoms with van der Waals surface area (Å²) in [5, 5.41) is 13.6. The molecule has 0 spiro atoms. The van der Waals surface area contributed by atoms with Crippen LogP contribution in [0.3, 0.4) is 0 Å². The fourth-order valence-electron chi connectivity index (χ4n) is 3.83. The van der Waals surface area contributed by atoms with Crippen molar-refractivity contribution in [1.82, 2.24) is 8.87 Å². The summed E-state index contributed by atoms with van der Waals surface area (Å²) < 4.78 is 38.5. The number of aromatic nitrogens is 1. The molecule has 0 saturated carbocycles. The molecule has 12 nitrogen and oxygen atoms in total. The van der Waals surface area contributed by atoms with Gasteiger partial charge in [0.1, 0.15) is 5.75 Å². The van der Waals surface area contributed by atoms with E-state index in [1.807, 2.05) is 0 Å². The SMILES string of the molecule is COc1ccc([N+](=O)[O-])cc1NC(=O)CCn1c(=O)oc2cc(S(=O)(=O)N3CCCC3)ccc21. The highest BCUT2D eigenvalue weighted by Gasteiger charge is 2.28. The van der Waals surface area contributed by atoms with Gasteiger partial charge >= 0.3 is 5.76 Å². The highest BCUT2D eigenvalue weighted by molar-refractivity contribution is 7.89. The molecule has 180 valence electrons. The van der Waals surface area contributed by atoms with E-state index in [0.717, 1.165) is 12.8 Å². The first-order chi connectivity index (χ1) is 16.2. The molecule has 2 heterocycles. The van der Waals surface area contributed by atoms with Gasteiger partial charge in [-0.25, -0.2) is 13.2 Å². The largest absolute Gasteiger partial charge is 0.495 e. The molecule has 1 amide bonds. The number of oxazole rings is 1. The maximum atomic E-state index is 12.8. The molecule has 0 bridgehead atoms. The van der Waals surface area contributed by atoms with Crippen molar-refractivity contribution in [2.24, 2.45) is 0 Å². The fraction of sp³-hybridized carbons (Fsp3) is 0.333. The molecule has 1 N–H and O–H groups in total. The Morgan fingerprint density at radius 2 is 1.94 bits per heavy atom. The van der Waals surface area contributed by atoms with Crippen LogP contribution in [0, 0.1) is 10.1 Å². The number of fused-ring (bicyclic) bond motifs is 1. The highest BCUT2D eigenvalue weighted by Crippen LogP contribution is 2.29. The number of benzene rings is 2. The van der Waals surface area contributed by atoms with E-state index in [0.29, 0.717) is 18.6 Å². The van der Waals surface area contributed by atoms with Gasteiger partial charge in [-0.2, -0.15) is 4.31 Å².